The van der Waals surface area contributed by atoms with Crippen molar-refractivity contribution in [3.05, 3.63) is 47.4 Å². The van der Waals surface area contributed by atoms with Crippen molar-refractivity contribution in [2.75, 3.05) is 0 Å². The van der Waals surface area contributed by atoms with Crippen LogP contribution in [0.25, 0.3) is 0 Å². The summed E-state index contributed by atoms with van der Waals surface area (Å²) in [6, 6.07) is 3.20. The third-order valence-corrected chi connectivity index (χ3v) is 3.38. The second-order valence-corrected chi connectivity index (χ2v) is 4.88. The highest BCUT2D eigenvalue weighted by molar-refractivity contribution is 6.04. The first-order chi connectivity index (χ1) is 11.0. The van der Waals surface area contributed by atoms with Crippen molar-refractivity contribution in [1.82, 2.24) is 9.97 Å². The van der Waals surface area contributed by atoms with Crippen LogP contribution in [0.1, 0.15) is 41.1 Å². The van der Waals surface area contributed by atoms with Gasteiger partial charge in [-0.15, -0.1) is 0 Å². The second-order valence-electron chi connectivity index (χ2n) is 4.88. The van der Waals surface area contributed by atoms with Crippen molar-refractivity contribution in [1.29, 1.82) is 0 Å². The molecular weight excluding hydrogens is 306 g/mol. The molecule has 2 aromatic rings. The van der Waals surface area contributed by atoms with Gasteiger partial charge in [0.15, 0.2) is 23.7 Å². The predicted octanol–water partition coefficient (Wildman–Crippen LogP) is 3.59. The van der Waals surface area contributed by atoms with E-state index in [9.17, 15) is 18.4 Å². The summed E-state index contributed by atoms with van der Waals surface area (Å²) in [5.74, 6) is -3.79. The van der Waals surface area contributed by atoms with Gasteiger partial charge < -0.3 is 4.74 Å². The van der Waals surface area contributed by atoms with Crippen LogP contribution < -0.4 is 4.74 Å². The highest BCUT2D eigenvalue weighted by atomic mass is 19.1. The summed E-state index contributed by atoms with van der Waals surface area (Å²) in [6.45, 7) is 3.46. The minimum atomic E-state index is -0.946. The Hall–Kier alpha value is -2.70. The first kappa shape index (κ1) is 16.7. The maximum Gasteiger partial charge on any atom is 0.234 e. The smallest absolute Gasteiger partial charge is 0.234 e. The summed E-state index contributed by atoms with van der Waals surface area (Å²) >= 11 is 0. The number of hydrogen-bond acceptors (Lipinski definition) is 5. The molecule has 23 heavy (non-hydrogen) atoms. The Balaban J connectivity index is 2.55. The van der Waals surface area contributed by atoms with E-state index in [0.717, 1.165) is 18.5 Å². The molecule has 7 heteroatoms. The number of aldehydes is 1. The van der Waals surface area contributed by atoms with Gasteiger partial charge in [-0.3, -0.25) is 9.59 Å². The molecular formula is C16H14F2N2O3. The number of Topliss-reactive ketones (excluding diaryl/α,β-unsaturated/α-hetero) is 1. The number of halogens is 2. The monoisotopic (exact) mass is 320 g/mol. The Morgan fingerprint density at radius 3 is 2.52 bits per heavy atom. The largest absolute Gasteiger partial charge is 0.432 e. The van der Waals surface area contributed by atoms with E-state index in [1.165, 1.54) is 6.07 Å². The lowest BCUT2D eigenvalue weighted by molar-refractivity contribution is 0.0918. The minimum absolute atomic E-state index is 0.181. The maximum absolute atomic E-state index is 13.7. The number of aromatic nitrogens is 2. The van der Waals surface area contributed by atoms with E-state index in [4.69, 9.17) is 4.74 Å². The number of ether oxygens (including phenoxy) is 1. The Kier molecular flexibility index (Phi) is 5.10. The lowest BCUT2D eigenvalue weighted by Crippen LogP contribution is -2.16. The molecule has 120 valence electrons. The van der Waals surface area contributed by atoms with E-state index in [0.29, 0.717) is 12.7 Å². The van der Waals surface area contributed by atoms with Gasteiger partial charge in [-0.1, -0.05) is 19.9 Å². The van der Waals surface area contributed by atoms with E-state index in [1.54, 1.807) is 13.8 Å². The number of carbonyl (C=O) groups is 2. The molecule has 0 bridgehead atoms. The van der Waals surface area contributed by atoms with E-state index >= 15 is 0 Å². The lowest BCUT2D eigenvalue weighted by Gasteiger charge is -2.13. The average molecular weight is 320 g/mol. The summed E-state index contributed by atoms with van der Waals surface area (Å²) in [7, 11) is 0. The van der Waals surface area contributed by atoms with Gasteiger partial charge >= 0.3 is 0 Å². The molecule has 0 N–H and O–H groups in total. The van der Waals surface area contributed by atoms with Crippen molar-refractivity contribution >= 4 is 12.1 Å². The van der Waals surface area contributed by atoms with Gasteiger partial charge in [-0.05, 0) is 18.6 Å². The zero-order chi connectivity index (χ0) is 17.0. The van der Waals surface area contributed by atoms with Crippen LogP contribution in [-0.2, 0) is 0 Å². The van der Waals surface area contributed by atoms with Gasteiger partial charge in [0.2, 0.25) is 11.6 Å². The van der Waals surface area contributed by atoms with Gasteiger partial charge in [-0.25, -0.2) is 18.7 Å². The molecule has 1 unspecified atom stereocenters. The fraction of sp³-hybridized carbons (Fsp3) is 0.250. The standard InChI is InChI=1S/C16H14F2N2O3/c1-3-9(2)14(22)13-12(7-21)19-8-20-16(13)23-15-10(17)5-4-6-11(15)18/h4-9H,3H2,1-2H3. The fourth-order valence-electron chi connectivity index (χ4n) is 1.89. The molecule has 1 atom stereocenters. The minimum Gasteiger partial charge on any atom is -0.432 e. The summed E-state index contributed by atoms with van der Waals surface area (Å²) in [6.07, 6.45) is 1.88. The number of nitrogens with zero attached hydrogens (tertiary/aromatic N) is 2. The van der Waals surface area contributed by atoms with Crippen LogP contribution in [0, 0.1) is 17.6 Å². The molecule has 2 rings (SSSR count). The number of benzene rings is 1. The SMILES string of the molecule is CCC(C)C(=O)c1c(C=O)ncnc1Oc1c(F)cccc1F. The summed E-state index contributed by atoms with van der Waals surface area (Å²) in [5, 5.41) is 0. The topological polar surface area (TPSA) is 69.2 Å². The highest BCUT2D eigenvalue weighted by Crippen LogP contribution is 2.30. The van der Waals surface area contributed by atoms with Gasteiger partial charge in [0.1, 0.15) is 17.6 Å². The molecule has 0 saturated heterocycles. The summed E-state index contributed by atoms with van der Waals surface area (Å²) in [5.41, 5.74) is -0.364. The molecule has 0 aliphatic carbocycles. The number of ketones is 1. The molecule has 0 saturated carbocycles. The molecule has 0 amide bonds. The van der Waals surface area contributed by atoms with Crippen LogP contribution >= 0.6 is 0 Å². The normalized spacial score (nSPS) is 11.8. The number of rotatable bonds is 6. The molecule has 0 radical (unpaired) electrons. The van der Waals surface area contributed by atoms with Crippen LogP contribution in [-0.4, -0.2) is 22.0 Å². The summed E-state index contributed by atoms with van der Waals surface area (Å²) in [4.78, 5) is 31.0. The predicted molar refractivity (Wildman–Crippen MR) is 77.6 cm³/mol. The first-order valence-corrected chi connectivity index (χ1v) is 6.95. The zero-order valence-electron chi connectivity index (χ0n) is 12.5. The quantitative estimate of drug-likeness (QED) is 0.601. The van der Waals surface area contributed by atoms with Gasteiger partial charge in [0, 0.05) is 5.92 Å². The van der Waals surface area contributed by atoms with E-state index in [2.05, 4.69) is 9.97 Å². The van der Waals surface area contributed by atoms with E-state index in [1.807, 2.05) is 0 Å². The van der Waals surface area contributed by atoms with Crippen molar-refractivity contribution in [2.24, 2.45) is 5.92 Å². The molecule has 0 aliphatic rings. The Morgan fingerprint density at radius 2 is 1.96 bits per heavy atom. The van der Waals surface area contributed by atoms with E-state index in [-0.39, 0.29) is 17.1 Å². The Bertz CT molecular complexity index is 730. The number of para-hydroxylation sites is 1. The molecule has 0 spiro atoms. The molecule has 5 nitrogen and oxygen atoms in total. The molecule has 0 aliphatic heterocycles. The van der Waals surface area contributed by atoms with Crippen molar-refractivity contribution in [3.8, 4) is 11.6 Å². The summed E-state index contributed by atoms with van der Waals surface area (Å²) < 4.78 is 32.6. The molecule has 1 aromatic carbocycles. The van der Waals surface area contributed by atoms with Crippen LogP contribution in [0.2, 0.25) is 0 Å². The van der Waals surface area contributed by atoms with Crippen LogP contribution in [0.3, 0.4) is 0 Å². The van der Waals surface area contributed by atoms with Crippen molar-refractivity contribution in [2.45, 2.75) is 20.3 Å². The molecule has 1 heterocycles. The van der Waals surface area contributed by atoms with Crippen LogP contribution in [0.4, 0.5) is 8.78 Å². The third-order valence-electron chi connectivity index (χ3n) is 3.38. The van der Waals surface area contributed by atoms with Gasteiger partial charge in [-0.2, -0.15) is 0 Å². The van der Waals surface area contributed by atoms with E-state index < -0.39 is 29.1 Å². The average Bonchev–Trinajstić information content (AvgIpc) is 2.56. The number of carbonyl (C=O) groups excluding carboxylic acids is 2. The first-order valence-electron chi connectivity index (χ1n) is 6.95. The molecule has 0 fully saturated rings. The van der Waals surface area contributed by atoms with Crippen LogP contribution in [0.15, 0.2) is 24.5 Å². The van der Waals surface area contributed by atoms with Crippen LogP contribution in [0.5, 0.6) is 11.6 Å². The Morgan fingerprint density at radius 1 is 1.30 bits per heavy atom. The number of hydrogen-bond donors (Lipinski definition) is 0. The zero-order valence-corrected chi connectivity index (χ0v) is 12.5. The van der Waals surface area contributed by atoms with Gasteiger partial charge in [0.05, 0.1) is 0 Å². The lowest BCUT2D eigenvalue weighted by atomic mass is 9.97. The third kappa shape index (κ3) is 3.39. The van der Waals surface area contributed by atoms with Crippen molar-refractivity contribution < 1.29 is 23.1 Å². The maximum atomic E-state index is 13.7. The second kappa shape index (κ2) is 7.04. The fourth-order valence-corrected chi connectivity index (χ4v) is 1.89. The Labute approximate surface area is 131 Å². The van der Waals surface area contributed by atoms with Gasteiger partial charge in [0.25, 0.3) is 0 Å². The highest BCUT2D eigenvalue weighted by Gasteiger charge is 2.25. The van der Waals surface area contributed by atoms with Crippen molar-refractivity contribution in [3.63, 3.8) is 0 Å². The molecule has 1 aromatic heterocycles.